The van der Waals surface area contributed by atoms with Crippen LogP contribution in [0.1, 0.15) is 36.0 Å². The Labute approximate surface area is 107 Å². The number of hydroxylamine groups is 1. The van der Waals surface area contributed by atoms with Gasteiger partial charge in [-0.2, -0.15) is 0 Å². The molecule has 1 aliphatic rings. The maximum Gasteiger partial charge on any atom is 0.277 e. The molecule has 1 aromatic rings. The van der Waals surface area contributed by atoms with Gasteiger partial charge in [0.05, 0.1) is 11.7 Å². The standard InChI is InChI=1S/C12H13BrFNO2/c13-8-5-6-10(11(14)7-8)12(16)15-17-9-3-1-2-4-9/h5-7,9H,1-4H2,(H,15,16). The molecule has 0 atom stereocenters. The molecule has 0 saturated heterocycles. The van der Waals surface area contributed by atoms with Gasteiger partial charge in [-0.05, 0) is 31.0 Å². The highest BCUT2D eigenvalue weighted by atomic mass is 79.9. The Morgan fingerprint density at radius 2 is 2.12 bits per heavy atom. The van der Waals surface area contributed by atoms with Crippen LogP contribution in [0.5, 0.6) is 0 Å². The summed E-state index contributed by atoms with van der Waals surface area (Å²) in [5.74, 6) is -1.10. The number of hydrogen-bond acceptors (Lipinski definition) is 2. The second-order valence-corrected chi connectivity index (χ2v) is 5.00. The Morgan fingerprint density at radius 1 is 1.41 bits per heavy atom. The first-order chi connectivity index (χ1) is 8.16. The second-order valence-electron chi connectivity index (χ2n) is 4.08. The van der Waals surface area contributed by atoms with Crippen LogP contribution in [-0.2, 0) is 4.84 Å². The van der Waals surface area contributed by atoms with Crippen molar-refractivity contribution in [3.8, 4) is 0 Å². The summed E-state index contributed by atoms with van der Waals surface area (Å²) in [6, 6.07) is 4.30. The molecular formula is C12H13BrFNO2. The van der Waals surface area contributed by atoms with Crippen LogP contribution in [-0.4, -0.2) is 12.0 Å². The zero-order chi connectivity index (χ0) is 12.3. The summed E-state index contributed by atoms with van der Waals surface area (Å²) in [7, 11) is 0. The number of carbonyl (C=O) groups excluding carboxylic acids is 1. The number of benzene rings is 1. The fraction of sp³-hybridized carbons (Fsp3) is 0.417. The van der Waals surface area contributed by atoms with E-state index in [4.69, 9.17) is 4.84 Å². The topological polar surface area (TPSA) is 38.3 Å². The third kappa shape index (κ3) is 3.26. The van der Waals surface area contributed by atoms with Gasteiger partial charge < -0.3 is 0 Å². The third-order valence-electron chi connectivity index (χ3n) is 2.80. The van der Waals surface area contributed by atoms with Crippen LogP contribution in [0.25, 0.3) is 0 Å². The molecule has 1 aliphatic carbocycles. The second kappa shape index (κ2) is 5.60. The lowest BCUT2D eigenvalue weighted by molar-refractivity contribution is -0.0127. The number of carbonyl (C=O) groups is 1. The van der Waals surface area contributed by atoms with Crippen molar-refractivity contribution in [1.29, 1.82) is 0 Å². The molecule has 0 bridgehead atoms. The van der Waals surface area contributed by atoms with Crippen molar-refractivity contribution < 1.29 is 14.0 Å². The number of rotatable bonds is 3. The van der Waals surface area contributed by atoms with Gasteiger partial charge >= 0.3 is 0 Å². The van der Waals surface area contributed by atoms with Gasteiger partial charge in [-0.3, -0.25) is 9.63 Å². The molecular weight excluding hydrogens is 289 g/mol. The van der Waals surface area contributed by atoms with E-state index in [-0.39, 0.29) is 11.7 Å². The minimum Gasteiger partial charge on any atom is -0.270 e. The predicted molar refractivity (Wildman–Crippen MR) is 64.9 cm³/mol. The van der Waals surface area contributed by atoms with Gasteiger partial charge in [0.2, 0.25) is 0 Å². The molecule has 0 aliphatic heterocycles. The summed E-state index contributed by atoms with van der Waals surface area (Å²) in [5, 5.41) is 0. The molecule has 1 N–H and O–H groups in total. The largest absolute Gasteiger partial charge is 0.277 e. The van der Waals surface area contributed by atoms with Gasteiger partial charge in [0, 0.05) is 4.47 Å². The van der Waals surface area contributed by atoms with Crippen molar-refractivity contribution in [3.63, 3.8) is 0 Å². The Bertz CT molecular complexity index is 419. The SMILES string of the molecule is O=C(NOC1CCCC1)c1ccc(Br)cc1F. The molecule has 0 radical (unpaired) electrons. The molecule has 1 saturated carbocycles. The van der Waals surface area contributed by atoms with Crippen molar-refractivity contribution >= 4 is 21.8 Å². The van der Waals surface area contributed by atoms with E-state index in [9.17, 15) is 9.18 Å². The summed E-state index contributed by atoms with van der Waals surface area (Å²) in [4.78, 5) is 16.9. The molecule has 2 rings (SSSR count). The lowest BCUT2D eigenvalue weighted by atomic mass is 10.2. The van der Waals surface area contributed by atoms with Crippen molar-refractivity contribution in [1.82, 2.24) is 5.48 Å². The van der Waals surface area contributed by atoms with Crippen LogP contribution in [0.2, 0.25) is 0 Å². The van der Waals surface area contributed by atoms with Gasteiger partial charge in [0.15, 0.2) is 0 Å². The molecule has 0 unspecified atom stereocenters. The van der Waals surface area contributed by atoms with E-state index < -0.39 is 11.7 Å². The number of halogens is 2. The van der Waals surface area contributed by atoms with Crippen LogP contribution < -0.4 is 5.48 Å². The van der Waals surface area contributed by atoms with Gasteiger partial charge in [0.25, 0.3) is 5.91 Å². The molecule has 0 aromatic heterocycles. The molecule has 1 aromatic carbocycles. The van der Waals surface area contributed by atoms with Crippen molar-refractivity contribution in [2.45, 2.75) is 31.8 Å². The Hall–Kier alpha value is -0.940. The zero-order valence-corrected chi connectivity index (χ0v) is 10.8. The molecule has 92 valence electrons. The molecule has 0 heterocycles. The lowest BCUT2D eigenvalue weighted by Gasteiger charge is -2.11. The van der Waals surface area contributed by atoms with Crippen LogP contribution >= 0.6 is 15.9 Å². The van der Waals surface area contributed by atoms with Gasteiger partial charge in [-0.1, -0.05) is 28.8 Å². The summed E-state index contributed by atoms with van der Waals surface area (Å²) < 4.78 is 14.1. The van der Waals surface area contributed by atoms with Crippen molar-refractivity contribution in [2.24, 2.45) is 0 Å². The Kier molecular flexibility index (Phi) is 4.12. The minimum atomic E-state index is -0.563. The van der Waals surface area contributed by atoms with Crippen molar-refractivity contribution in [3.05, 3.63) is 34.1 Å². The molecule has 0 spiro atoms. The highest BCUT2D eigenvalue weighted by molar-refractivity contribution is 9.10. The number of hydrogen-bond donors (Lipinski definition) is 1. The highest BCUT2D eigenvalue weighted by Gasteiger charge is 2.18. The molecule has 17 heavy (non-hydrogen) atoms. The first kappa shape index (κ1) is 12.5. The summed E-state index contributed by atoms with van der Waals surface area (Å²) in [5.41, 5.74) is 2.30. The Morgan fingerprint density at radius 3 is 2.76 bits per heavy atom. The van der Waals surface area contributed by atoms with E-state index >= 15 is 0 Å². The fourth-order valence-corrected chi connectivity index (χ4v) is 2.20. The van der Waals surface area contributed by atoms with E-state index in [0.717, 1.165) is 25.7 Å². The van der Waals surface area contributed by atoms with Crippen LogP contribution in [0.15, 0.2) is 22.7 Å². The lowest BCUT2D eigenvalue weighted by Crippen LogP contribution is -2.28. The normalized spacial score (nSPS) is 16.1. The van der Waals surface area contributed by atoms with Crippen LogP contribution in [0, 0.1) is 5.82 Å². The minimum absolute atomic E-state index is 0.00815. The smallest absolute Gasteiger partial charge is 0.270 e. The first-order valence-electron chi connectivity index (χ1n) is 5.58. The number of nitrogens with one attached hydrogen (secondary N) is 1. The van der Waals surface area contributed by atoms with Gasteiger partial charge in [-0.15, -0.1) is 0 Å². The van der Waals surface area contributed by atoms with Crippen molar-refractivity contribution in [2.75, 3.05) is 0 Å². The van der Waals surface area contributed by atoms with E-state index in [1.807, 2.05) is 0 Å². The summed E-state index contributed by atoms with van der Waals surface area (Å²) >= 11 is 3.14. The van der Waals surface area contributed by atoms with E-state index in [1.165, 1.54) is 12.1 Å². The maximum atomic E-state index is 13.5. The third-order valence-corrected chi connectivity index (χ3v) is 3.29. The predicted octanol–water partition coefficient (Wildman–Crippen LogP) is 3.19. The van der Waals surface area contributed by atoms with Crippen LogP contribution in [0.4, 0.5) is 4.39 Å². The van der Waals surface area contributed by atoms with Crippen LogP contribution in [0.3, 0.4) is 0 Å². The van der Waals surface area contributed by atoms with E-state index in [2.05, 4.69) is 21.4 Å². The first-order valence-corrected chi connectivity index (χ1v) is 6.37. The van der Waals surface area contributed by atoms with Gasteiger partial charge in [0.1, 0.15) is 5.82 Å². The van der Waals surface area contributed by atoms with E-state index in [0.29, 0.717) is 4.47 Å². The average Bonchev–Trinajstić information content (AvgIpc) is 2.78. The molecule has 3 nitrogen and oxygen atoms in total. The fourth-order valence-electron chi connectivity index (χ4n) is 1.87. The maximum absolute atomic E-state index is 13.5. The Balaban J connectivity index is 1.94. The molecule has 1 fully saturated rings. The monoisotopic (exact) mass is 301 g/mol. The highest BCUT2D eigenvalue weighted by Crippen LogP contribution is 2.20. The molecule has 1 amide bonds. The zero-order valence-electron chi connectivity index (χ0n) is 9.21. The molecule has 5 heteroatoms. The number of amides is 1. The quantitative estimate of drug-likeness (QED) is 0.871. The summed E-state index contributed by atoms with van der Waals surface area (Å²) in [6.07, 6.45) is 4.20. The van der Waals surface area contributed by atoms with E-state index in [1.54, 1.807) is 6.07 Å². The summed E-state index contributed by atoms with van der Waals surface area (Å²) in [6.45, 7) is 0. The average molecular weight is 302 g/mol. The van der Waals surface area contributed by atoms with Gasteiger partial charge in [-0.25, -0.2) is 9.87 Å².